The molecule has 0 aromatic heterocycles. The van der Waals surface area contributed by atoms with Gasteiger partial charge in [-0.2, -0.15) is 0 Å². The summed E-state index contributed by atoms with van der Waals surface area (Å²) in [5.41, 5.74) is 0.336. The van der Waals surface area contributed by atoms with Crippen LogP contribution in [0.5, 0.6) is 0 Å². The summed E-state index contributed by atoms with van der Waals surface area (Å²) in [5.74, 6) is -6.60. The van der Waals surface area contributed by atoms with Crippen LogP contribution in [0.1, 0.15) is 35.1 Å². The van der Waals surface area contributed by atoms with E-state index in [1.807, 2.05) is 6.07 Å². The van der Waals surface area contributed by atoms with Gasteiger partial charge in [-0.05, 0) is 48.6 Å². The summed E-state index contributed by atoms with van der Waals surface area (Å²) in [6.07, 6.45) is -0.829. The van der Waals surface area contributed by atoms with Crippen molar-refractivity contribution in [1.29, 1.82) is 0 Å². The van der Waals surface area contributed by atoms with Crippen LogP contribution in [0.3, 0.4) is 0 Å². The van der Waals surface area contributed by atoms with Crippen LogP contribution < -0.4 is 0 Å². The molecule has 0 amide bonds. The first kappa shape index (κ1) is 21.0. The van der Waals surface area contributed by atoms with Crippen LogP contribution in [0.4, 0.5) is 8.78 Å². The quantitative estimate of drug-likeness (QED) is 0.759. The minimum atomic E-state index is -1.74. The van der Waals surface area contributed by atoms with Crippen molar-refractivity contribution in [3.8, 4) is 0 Å². The normalized spacial score (nSPS) is 25.2. The summed E-state index contributed by atoms with van der Waals surface area (Å²) in [4.78, 5) is 51.3. The predicted molar refractivity (Wildman–Crippen MR) is 105 cm³/mol. The molecule has 5 nitrogen and oxygen atoms in total. The maximum atomic E-state index is 13.6. The molecule has 2 aromatic rings. The molecular formula is C24H20F2O5. The van der Waals surface area contributed by atoms with E-state index in [1.165, 1.54) is 0 Å². The van der Waals surface area contributed by atoms with Gasteiger partial charge in [-0.3, -0.25) is 19.2 Å². The highest BCUT2D eigenvalue weighted by Gasteiger charge is 2.61. The van der Waals surface area contributed by atoms with E-state index in [9.17, 15) is 33.1 Å². The molecule has 2 aliphatic rings. The molecule has 1 fully saturated rings. The zero-order chi connectivity index (χ0) is 22.5. The number of carboxylic acids is 1. The van der Waals surface area contributed by atoms with E-state index in [1.54, 1.807) is 19.1 Å². The third-order valence-corrected chi connectivity index (χ3v) is 6.33. The molecule has 0 saturated heterocycles. The second-order valence-corrected chi connectivity index (χ2v) is 8.47. The van der Waals surface area contributed by atoms with Crippen molar-refractivity contribution in [2.75, 3.05) is 0 Å². The van der Waals surface area contributed by atoms with Crippen molar-refractivity contribution in [2.24, 2.45) is 11.8 Å². The maximum Gasteiger partial charge on any atom is 0.304 e. The Morgan fingerprint density at radius 1 is 1.06 bits per heavy atom. The number of hydrogen-bond acceptors (Lipinski definition) is 4. The van der Waals surface area contributed by atoms with Crippen LogP contribution in [0.25, 0.3) is 0 Å². The summed E-state index contributed by atoms with van der Waals surface area (Å²) in [6.45, 7) is 1.80. The van der Waals surface area contributed by atoms with Gasteiger partial charge < -0.3 is 5.11 Å². The van der Waals surface area contributed by atoms with Gasteiger partial charge in [0.15, 0.2) is 11.6 Å². The molecule has 3 unspecified atom stereocenters. The van der Waals surface area contributed by atoms with Crippen LogP contribution in [-0.4, -0.2) is 28.4 Å². The Morgan fingerprint density at radius 2 is 1.74 bits per heavy atom. The molecule has 1 N–H and O–H groups in total. The standard InChI is InChI=1S/C24H20F2O5/c1-12-2-3-14-8-15(9-21(28)29)22(30)24(19(14)4-12)11-20(27)18(23(24)31)7-13-5-16(25)10-17(26)6-13/h2-6,10,15,18H,7-9,11H2,1H3,(H,28,29). The van der Waals surface area contributed by atoms with Gasteiger partial charge in [0.2, 0.25) is 0 Å². The van der Waals surface area contributed by atoms with E-state index in [0.29, 0.717) is 17.2 Å². The molecule has 4 rings (SSSR count). The maximum absolute atomic E-state index is 13.6. The van der Waals surface area contributed by atoms with Gasteiger partial charge in [0.25, 0.3) is 0 Å². The van der Waals surface area contributed by atoms with Gasteiger partial charge in [-0.15, -0.1) is 0 Å². The number of carbonyl (C=O) groups excluding carboxylic acids is 3. The highest BCUT2D eigenvalue weighted by molar-refractivity contribution is 6.27. The number of aryl methyl sites for hydroxylation is 1. The molecule has 7 heteroatoms. The minimum Gasteiger partial charge on any atom is -0.481 e. The van der Waals surface area contributed by atoms with E-state index in [-0.39, 0.29) is 24.8 Å². The van der Waals surface area contributed by atoms with Crippen LogP contribution >= 0.6 is 0 Å². The fraction of sp³-hybridized carbons (Fsp3) is 0.333. The summed E-state index contributed by atoms with van der Waals surface area (Å²) in [6, 6.07) is 8.10. The number of benzene rings is 2. The number of ketones is 3. The largest absolute Gasteiger partial charge is 0.481 e. The Kier molecular flexibility index (Phi) is 5.07. The smallest absolute Gasteiger partial charge is 0.304 e. The summed E-state index contributed by atoms with van der Waals surface area (Å²) < 4.78 is 27.2. The second-order valence-electron chi connectivity index (χ2n) is 8.47. The summed E-state index contributed by atoms with van der Waals surface area (Å²) in [5, 5.41) is 9.25. The number of hydrogen-bond donors (Lipinski definition) is 1. The molecule has 0 bridgehead atoms. The van der Waals surface area contributed by atoms with Crippen LogP contribution in [0.2, 0.25) is 0 Å². The number of halogens is 2. The first-order chi connectivity index (χ1) is 14.6. The van der Waals surface area contributed by atoms with Crippen molar-refractivity contribution in [3.05, 3.63) is 70.3 Å². The Morgan fingerprint density at radius 3 is 2.39 bits per heavy atom. The van der Waals surface area contributed by atoms with Gasteiger partial charge in [-0.1, -0.05) is 23.8 Å². The lowest BCUT2D eigenvalue weighted by atomic mass is 9.62. The second kappa shape index (κ2) is 7.48. The zero-order valence-corrected chi connectivity index (χ0v) is 16.8. The molecule has 2 aromatic carbocycles. The highest BCUT2D eigenvalue weighted by atomic mass is 19.1. The van der Waals surface area contributed by atoms with Crippen LogP contribution in [-0.2, 0) is 37.4 Å². The third kappa shape index (κ3) is 3.48. The number of aliphatic carboxylic acids is 1. The Labute approximate surface area is 177 Å². The molecule has 0 aliphatic heterocycles. The predicted octanol–water partition coefficient (Wildman–Crippen LogP) is 3.13. The first-order valence-corrected chi connectivity index (χ1v) is 10.00. The third-order valence-electron chi connectivity index (χ3n) is 6.33. The monoisotopic (exact) mass is 426 g/mol. The Bertz CT molecular complexity index is 1120. The number of carboxylic acid groups (broad SMARTS) is 1. The molecule has 1 saturated carbocycles. The van der Waals surface area contributed by atoms with Crippen molar-refractivity contribution >= 4 is 23.3 Å². The van der Waals surface area contributed by atoms with Gasteiger partial charge in [-0.25, -0.2) is 8.78 Å². The number of carbonyl (C=O) groups is 4. The number of fused-ring (bicyclic) bond motifs is 2. The van der Waals surface area contributed by atoms with Gasteiger partial charge in [0.1, 0.15) is 22.8 Å². The number of Topliss-reactive ketones (excluding diaryl/α,β-unsaturated/α-hetero) is 3. The van der Waals surface area contributed by atoms with Gasteiger partial charge in [0, 0.05) is 18.4 Å². The summed E-state index contributed by atoms with van der Waals surface area (Å²) >= 11 is 0. The van der Waals surface area contributed by atoms with Crippen molar-refractivity contribution in [2.45, 2.75) is 38.0 Å². The van der Waals surface area contributed by atoms with Crippen molar-refractivity contribution < 1.29 is 33.1 Å². The fourth-order valence-electron chi connectivity index (χ4n) is 5.00. The van der Waals surface area contributed by atoms with E-state index < -0.39 is 58.6 Å². The van der Waals surface area contributed by atoms with E-state index in [4.69, 9.17) is 0 Å². The average molecular weight is 426 g/mol. The van der Waals surface area contributed by atoms with E-state index in [2.05, 4.69) is 0 Å². The first-order valence-electron chi connectivity index (χ1n) is 10.00. The van der Waals surface area contributed by atoms with Gasteiger partial charge in [0.05, 0.1) is 12.3 Å². The molecule has 160 valence electrons. The Balaban J connectivity index is 1.79. The number of rotatable bonds is 4. The lowest BCUT2D eigenvalue weighted by molar-refractivity contribution is -0.144. The van der Waals surface area contributed by atoms with Crippen molar-refractivity contribution in [3.63, 3.8) is 0 Å². The molecule has 31 heavy (non-hydrogen) atoms. The topological polar surface area (TPSA) is 88.5 Å². The molecule has 0 heterocycles. The minimum absolute atomic E-state index is 0.149. The lowest BCUT2D eigenvalue weighted by Crippen LogP contribution is -2.49. The summed E-state index contributed by atoms with van der Waals surface area (Å²) in [7, 11) is 0. The van der Waals surface area contributed by atoms with Crippen LogP contribution in [0, 0.1) is 30.4 Å². The van der Waals surface area contributed by atoms with Crippen molar-refractivity contribution in [1.82, 2.24) is 0 Å². The fourth-order valence-corrected chi connectivity index (χ4v) is 5.00. The van der Waals surface area contributed by atoms with Gasteiger partial charge >= 0.3 is 5.97 Å². The molecule has 1 spiro atoms. The molecular weight excluding hydrogens is 406 g/mol. The van der Waals surface area contributed by atoms with Crippen LogP contribution in [0.15, 0.2) is 36.4 Å². The molecule has 2 aliphatic carbocycles. The average Bonchev–Trinajstić information content (AvgIpc) is 2.91. The lowest BCUT2D eigenvalue weighted by Gasteiger charge is -2.37. The Hall–Kier alpha value is -3.22. The van der Waals surface area contributed by atoms with E-state index in [0.717, 1.165) is 17.7 Å². The zero-order valence-electron chi connectivity index (χ0n) is 16.8. The molecule has 0 radical (unpaired) electrons. The highest BCUT2D eigenvalue weighted by Crippen LogP contribution is 2.48. The molecule has 3 atom stereocenters. The SMILES string of the molecule is Cc1ccc2c(c1)C1(CC(=O)C(Cc3cc(F)cc(F)c3)C1=O)C(=O)C(CC(=O)O)C2. The van der Waals surface area contributed by atoms with E-state index >= 15 is 0 Å².